The number of aryl methyl sites for hydroxylation is 1. The number of carbonyl (C=O) groups excluding carboxylic acids is 1. The summed E-state index contributed by atoms with van der Waals surface area (Å²) in [6.07, 6.45) is -1.14. The van der Waals surface area contributed by atoms with E-state index in [1.54, 1.807) is 11.3 Å². The monoisotopic (exact) mass is 527 g/mol. The van der Waals surface area contributed by atoms with Crippen LogP contribution in [0.15, 0.2) is 53.9 Å². The number of carboxylic acid groups (broad SMARTS) is 1. The van der Waals surface area contributed by atoms with E-state index in [-0.39, 0.29) is 5.91 Å². The predicted molar refractivity (Wildman–Crippen MR) is 153 cm³/mol. The standard InChI is InChI=1S/C32H33NO4S/c1-18-10-12-21(13-11-18)27-19(2)24-16-33(30(34)23-8-7-9-26-22(23)14-15-38-26)17-25(24)20(3)28(27)29(31(35)36)37-32(4,5)6/h7-15,29H,16-17H2,1-6H3,(H,35,36)/t29-/m0/s1. The second-order valence-corrected chi connectivity index (χ2v) is 12.1. The highest BCUT2D eigenvalue weighted by Crippen LogP contribution is 2.44. The Morgan fingerprint density at radius 2 is 1.61 bits per heavy atom. The van der Waals surface area contributed by atoms with Gasteiger partial charge in [0.2, 0.25) is 0 Å². The van der Waals surface area contributed by atoms with Crippen molar-refractivity contribution in [3.8, 4) is 11.1 Å². The fraction of sp³-hybridized carbons (Fsp3) is 0.312. The van der Waals surface area contributed by atoms with Crippen LogP contribution in [0.3, 0.4) is 0 Å². The van der Waals surface area contributed by atoms with Gasteiger partial charge >= 0.3 is 5.97 Å². The van der Waals surface area contributed by atoms with Crippen molar-refractivity contribution in [1.82, 2.24) is 4.90 Å². The van der Waals surface area contributed by atoms with Crippen LogP contribution >= 0.6 is 11.3 Å². The molecule has 0 saturated carbocycles. The number of hydrogen-bond donors (Lipinski definition) is 1. The van der Waals surface area contributed by atoms with Crippen LogP contribution < -0.4 is 0 Å². The molecule has 1 aliphatic rings. The van der Waals surface area contributed by atoms with E-state index in [1.165, 1.54) is 0 Å². The van der Waals surface area contributed by atoms with Crippen LogP contribution in [0.25, 0.3) is 21.2 Å². The van der Waals surface area contributed by atoms with Gasteiger partial charge in [0.25, 0.3) is 5.91 Å². The number of ether oxygens (including phenoxy) is 1. The molecule has 0 saturated heterocycles. The largest absolute Gasteiger partial charge is 0.479 e. The van der Waals surface area contributed by atoms with E-state index in [0.717, 1.165) is 49.0 Å². The number of rotatable bonds is 5. The van der Waals surface area contributed by atoms with E-state index >= 15 is 0 Å². The second kappa shape index (κ2) is 9.68. The number of carboxylic acids is 1. The fourth-order valence-electron chi connectivity index (χ4n) is 5.52. The average Bonchev–Trinajstić information content (AvgIpc) is 3.52. The van der Waals surface area contributed by atoms with Gasteiger partial charge in [0.15, 0.2) is 6.10 Å². The molecule has 0 fully saturated rings. The molecule has 0 spiro atoms. The maximum atomic E-state index is 13.8. The number of amides is 1. The van der Waals surface area contributed by atoms with Gasteiger partial charge in [-0.05, 0) is 98.5 Å². The first kappa shape index (κ1) is 26.1. The van der Waals surface area contributed by atoms with Crippen molar-refractivity contribution >= 4 is 33.3 Å². The van der Waals surface area contributed by atoms with E-state index < -0.39 is 17.7 Å². The maximum absolute atomic E-state index is 13.8. The Labute approximate surface area is 227 Å². The molecule has 38 heavy (non-hydrogen) atoms. The number of hydrogen-bond acceptors (Lipinski definition) is 4. The Bertz CT molecular complexity index is 1560. The highest BCUT2D eigenvalue weighted by molar-refractivity contribution is 7.17. The van der Waals surface area contributed by atoms with Crippen molar-refractivity contribution in [3.63, 3.8) is 0 Å². The van der Waals surface area contributed by atoms with Crippen molar-refractivity contribution in [2.24, 2.45) is 0 Å². The highest BCUT2D eigenvalue weighted by atomic mass is 32.1. The molecule has 1 atom stereocenters. The van der Waals surface area contributed by atoms with Crippen LogP contribution in [-0.4, -0.2) is 27.5 Å². The third kappa shape index (κ3) is 4.63. The number of carbonyl (C=O) groups is 2. The molecule has 1 N–H and O–H groups in total. The van der Waals surface area contributed by atoms with Gasteiger partial charge in [-0.3, -0.25) is 4.79 Å². The molecule has 0 radical (unpaired) electrons. The van der Waals surface area contributed by atoms with Crippen molar-refractivity contribution in [2.75, 3.05) is 0 Å². The lowest BCUT2D eigenvalue weighted by atomic mass is 9.83. The Kier molecular flexibility index (Phi) is 6.66. The zero-order chi connectivity index (χ0) is 27.4. The van der Waals surface area contributed by atoms with Gasteiger partial charge in [0.1, 0.15) is 0 Å². The first-order valence-electron chi connectivity index (χ1n) is 12.8. The van der Waals surface area contributed by atoms with Gasteiger partial charge in [0, 0.05) is 34.3 Å². The Morgan fingerprint density at radius 3 is 2.24 bits per heavy atom. The summed E-state index contributed by atoms with van der Waals surface area (Å²) in [4.78, 5) is 28.3. The van der Waals surface area contributed by atoms with Gasteiger partial charge in [-0.25, -0.2) is 4.79 Å². The van der Waals surface area contributed by atoms with Gasteiger partial charge < -0.3 is 14.7 Å². The minimum atomic E-state index is -1.14. The summed E-state index contributed by atoms with van der Waals surface area (Å²) in [6, 6.07) is 16.0. The molecule has 1 aliphatic heterocycles. The molecule has 1 aromatic heterocycles. The summed E-state index contributed by atoms with van der Waals surface area (Å²) < 4.78 is 7.26. The van der Waals surface area contributed by atoms with Crippen molar-refractivity contribution < 1.29 is 19.4 Å². The number of benzene rings is 3. The van der Waals surface area contributed by atoms with E-state index in [9.17, 15) is 14.7 Å². The predicted octanol–water partition coefficient (Wildman–Crippen LogP) is 7.59. The van der Waals surface area contributed by atoms with Crippen LogP contribution in [0.1, 0.15) is 70.6 Å². The molecule has 0 bridgehead atoms. The minimum absolute atomic E-state index is 0.0110. The number of aliphatic carboxylic acids is 1. The molecule has 196 valence electrons. The molecule has 6 heteroatoms. The second-order valence-electron chi connectivity index (χ2n) is 11.1. The molecule has 4 aromatic rings. The molecular formula is C32H33NO4S. The number of thiophene rings is 1. The third-order valence-electron chi connectivity index (χ3n) is 7.33. The smallest absolute Gasteiger partial charge is 0.337 e. The molecule has 1 amide bonds. The summed E-state index contributed by atoms with van der Waals surface area (Å²) >= 11 is 1.63. The van der Waals surface area contributed by atoms with Crippen molar-refractivity contribution in [2.45, 2.75) is 66.3 Å². The number of fused-ring (bicyclic) bond motifs is 2. The van der Waals surface area contributed by atoms with E-state index in [0.29, 0.717) is 24.2 Å². The molecular weight excluding hydrogens is 494 g/mol. The molecule has 0 unspecified atom stereocenters. The summed E-state index contributed by atoms with van der Waals surface area (Å²) in [7, 11) is 0. The van der Waals surface area contributed by atoms with Crippen LogP contribution in [-0.2, 0) is 22.6 Å². The highest BCUT2D eigenvalue weighted by Gasteiger charge is 2.36. The maximum Gasteiger partial charge on any atom is 0.337 e. The lowest BCUT2D eigenvalue weighted by molar-refractivity contribution is -0.160. The summed E-state index contributed by atoms with van der Waals surface area (Å²) in [5.74, 6) is -1.03. The first-order valence-corrected chi connectivity index (χ1v) is 13.7. The summed E-state index contributed by atoms with van der Waals surface area (Å²) in [5.41, 5.74) is 7.65. The van der Waals surface area contributed by atoms with Gasteiger partial charge in [0.05, 0.1) is 5.60 Å². The number of nitrogens with zero attached hydrogens (tertiary/aromatic N) is 1. The van der Waals surface area contributed by atoms with Gasteiger partial charge in [-0.15, -0.1) is 11.3 Å². The Balaban J connectivity index is 1.66. The van der Waals surface area contributed by atoms with Gasteiger partial charge in [-0.1, -0.05) is 35.9 Å². The molecule has 3 aromatic carbocycles. The average molecular weight is 528 g/mol. The molecule has 2 heterocycles. The zero-order valence-corrected chi connectivity index (χ0v) is 23.5. The first-order chi connectivity index (χ1) is 18.0. The zero-order valence-electron chi connectivity index (χ0n) is 22.7. The van der Waals surface area contributed by atoms with Crippen molar-refractivity contribution in [1.29, 1.82) is 0 Å². The summed E-state index contributed by atoms with van der Waals surface area (Å²) in [6.45, 7) is 12.6. The Hall–Kier alpha value is -3.48. The van der Waals surface area contributed by atoms with Crippen LogP contribution in [0.4, 0.5) is 0 Å². The lowest BCUT2D eigenvalue weighted by Gasteiger charge is -2.29. The third-order valence-corrected chi connectivity index (χ3v) is 8.21. The van der Waals surface area contributed by atoms with Crippen LogP contribution in [0.2, 0.25) is 0 Å². The summed E-state index contributed by atoms with van der Waals surface area (Å²) in [5, 5.41) is 13.3. The Morgan fingerprint density at radius 1 is 0.947 bits per heavy atom. The van der Waals surface area contributed by atoms with E-state index in [4.69, 9.17) is 4.74 Å². The SMILES string of the molecule is Cc1ccc(-c2c(C)c3c(c(C)c2[C@H](OC(C)(C)C)C(=O)O)CN(C(=O)c2cccc4sccc24)C3)cc1. The van der Waals surface area contributed by atoms with Crippen molar-refractivity contribution in [3.05, 3.63) is 92.9 Å². The topological polar surface area (TPSA) is 66.8 Å². The van der Waals surface area contributed by atoms with Crippen LogP contribution in [0, 0.1) is 20.8 Å². The molecule has 5 rings (SSSR count). The van der Waals surface area contributed by atoms with E-state index in [2.05, 4.69) is 0 Å². The minimum Gasteiger partial charge on any atom is -0.479 e. The van der Waals surface area contributed by atoms with E-state index in [1.807, 2.05) is 100 Å². The molecule has 0 aliphatic carbocycles. The lowest BCUT2D eigenvalue weighted by Crippen LogP contribution is -2.28. The van der Waals surface area contributed by atoms with Gasteiger partial charge in [-0.2, -0.15) is 0 Å². The normalized spacial score (nSPS) is 14.1. The molecule has 5 nitrogen and oxygen atoms in total. The van der Waals surface area contributed by atoms with Crippen LogP contribution in [0.5, 0.6) is 0 Å². The quantitative estimate of drug-likeness (QED) is 0.290. The fourth-order valence-corrected chi connectivity index (χ4v) is 6.33.